The van der Waals surface area contributed by atoms with Crippen LogP contribution in [0.1, 0.15) is 67.2 Å². The lowest BCUT2D eigenvalue weighted by atomic mass is 9.92. The Morgan fingerprint density at radius 2 is 1.64 bits per heavy atom. The second kappa shape index (κ2) is 13.5. The molecular weight excluding hydrogens is 322 g/mol. The van der Waals surface area contributed by atoms with E-state index in [-0.39, 0.29) is 12.5 Å². The standard InChI is InChI=1S/C17H35NO5.C2H6/c1-6-7-17(4,23)15(20)11-18(5)10-14(19)9-12(2)8-13(3)16(21)22;1-2/h12-15,19-20,23H,6-11H2,1-5H3,(H,21,22);1-2H3/t12-,13?,14?,15?,17+;/m0./s1. The largest absolute Gasteiger partial charge is 0.481 e. The molecular formula is C19H41NO5. The van der Waals surface area contributed by atoms with Gasteiger partial charge in [-0.25, -0.2) is 0 Å². The number of carbonyl (C=O) groups is 1. The third kappa shape index (κ3) is 12.3. The van der Waals surface area contributed by atoms with Crippen molar-refractivity contribution in [2.45, 2.75) is 85.0 Å². The predicted molar refractivity (Wildman–Crippen MR) is 102 cm³/mol. The number of rotatable bonds is 12. The number of nitrogens with zero attached hydrogens (tertiary/aromatic N) is 1. The molecule has 0 saturated carbocycles. The highest BCUT2D eigenvalue weighted by atomic mass is 16.4. The molecule has 0 aliphatic carbocycles. The maximum Gasteiger partial charge on any atom is 0.306 e. The minimum atomic E-state index is -1.13. The van der Waals surface area contributed by atoms with Crippen molar-refractivity contribution in [3.8, 4) is 0 Å². The summed E-state index contributed by atoms with van der Waals surface area (Å²) >= 11 is 0. The first-order chi connectivity index (χ1) is 11.5. The van der Waals surface area contributed by atoms with Gasteiger partial charge in [-0.05, 0) is 39.2 Å². The quantitative estimate of drug-likeness (QED) is 0.425. The smallest absolute Gasteiger partial charge is 0.306 e. The van der Waals surface area contributed by atoms with Crippen molar-refractivity contribution in [3.05, 3.63) is 0 Å². The third-order valence-corrected chi connectivity index (χ3v) is 4.33. The van der Waals surface area contributed by atoms with Gasteiger partial charge in [-0.2, -0.15) is 0 Å². The zero-order chi connectivity index (χ0) is 20.2. The summed E-state index contributed by atoms with van der Waals surface area (Å²) in [4.78, 5) is 12.6. The minimum absolute atomic E-state index is 0.109. The molecule has 0 aromatic heterocycles. The van der Waals surface area contributed by atoms with Gasteiger partial charge in [0, 0.05) is 13.1 Å². The van der Waals surface area contributed by atoms with E-state index in [4.69, 9.17) is 5.11 Å². The van der Waals surface area contributed by atoms with Crippen LogP contribution in [0, 0.1) is 11.8 Å². The van der Waals surface area contributed by atoms with Crippen LogP contribution in [0.15, 0.2) is 0 Å². The molecule has 0 bridgehead atoms. The fraction of sp³-hybridized carbons (Fsp3) is 0.947. The van der Waals surface area contributed by atoms with Gasteiger partial charge in [0.1, 0.15) is 0 Å². The highest BCUT2D eigenvalue weighted by Crippen LogP contribution is 2.19. The van der Waals surface area contributed by atoms with Gasteiger partial charge in [-0.3, -0.25) is 4.79 Å². The molecule has 0 radical (unpaired) electrons. The summed E-state index contributed by atoms with van der Waals surface area (Å²) in [6, 6.07) is 0. The number of aliphatic hydroxyl groups excluding tert-OH is 2. The monoisotopic (exact) mass is 363 g/mol. The van der Waals surface area contributed by atoms with Crippen molar-refractivity contribution in [3.63, 3.8) is 0 Å². The summed E-state index contributed by atoms with van der Waals surface area (Å²) in [7, 11) is 1.79. The van der Waals surface area contributed by atoms with E-state index in [0.717, 1.165) is 6.42 Å². The molecule has 4 N–H and O–H groups in total. The lowest BCUT2D eigenvalue weighted by Gasteiger charge is -2.32. The van der Waals surface area contributed by atoms with E-state index in [0.29, 0.717) is 25.8 Å². The molecule has 0 aromatic carbocycles. The lowest BCUT2D eigenvalue weighted by molar-refractivity contribution is -0.141. The molecule has 0 saturated heterocycles. The van der Waals surface area contributed by atoms with Crippen molar-refractivity contribution in [1.29, 1.82) is 0 Å². The first kappa shape index (κ1) is 26.5. The molecule has 0 aliphatic heterocycles. The Labute approximate surface area is 153 Å². The predicted octanol–water partition coefficient (Wildman–Crippen LogP) is 2.35. The van der Waals surface area contributed by atoms with E-state index < -0.39 is 29.7 Å². The van der Waals surface area contributed by atoms with E-state index >= 15 is 0 Å². The summed E-state index contributed by atoms with van der Waals surface area (Å²) in [5, 5.41) is 39.3. The summed E-state index contributed by atoms with van der Waals surface area (Å²) < 4.78 is 0. The number of carboxylic acid groups (broad SMARTS) is 1. The molecule has 0 fully saturated rings. The highest BCUT2D eigenvalue weighted by molar-refractivity contribution is 5.69. The Morgan fingerprint density at radius 3 is 2.08 bits per heavy atom. The number of hydrogen-bond acceptors (Lipinski definition) is 5. The first-order valence-corrected chi connectivity index (χ1v) is 9.49. The molecule has 6 nitrogen and oxygen atoms in total. The maximum atomic E-state index is 10.8. The average Bonchev–Trinajstić information content (AvgIpc) is 2.48. The van der Waals surface area contributed by atoms with Gasteiger partial charge in [-0.15, -0.1) is 0 Å². The van der Waals surface area contributed by atoms with Crippen molar-refractivity contribution in [2.24, 2.45) is 11.8 Å². The fourth-order valence-electron chi connectivity index (χ4n) is 2.94. The summed E-state index contributed by atoms with van der Waals surface area (Å²) in [5.74, 6) is -1.12. The van der Waals surface area contributed by atoms with Crippen LogP contribution in [-0.2, 0) is 4.79 Å². The van der Waals surface area contributed by atoms with Crippen LogP contribution in [0.3, 0.4) is 0 Å². The Kier molecular flexibility index (Phi) is 14.3. The second-order valence-electron chi connectivity index (χ2n) is 7.31. The third-order valence-electron chi connectivity index (χ3n) is 4.33. The first-order valence-electron chi connectivity index (χ1n) is 9.49. The highest BCUT2D eigenvalue weighted by Gasteiger charge is 2.30. The molecule has 0 aromatic rings. The van der Waals surface area contributed by atoms with E-state index in [1.54, 1.807) is 25.8 Å². The molecule has 0 heterocycles. The van der Waals surface area contributed by atoms with Gasteiger partial charge >= 0.3 is 5.97 Å². The van der Waals surface area contributed by atoms with Gasteiger partial charge in [0.2, 0.25) is 0 Å². The molecule has 0 amide bonds. The zero-order valence-corrected chi connectivity index (χ0v) is 17.2. The maximum absolute atomic E-state index is 10.8. The van der Waals surface area contributed by atoms with Crippen LogP contribution in [0.25, 0.3) is 0 Å². The molecule has 152 valence electrons. The number of hydrogen-bond donors (Lipinski definition) is 4. The second-order valence-corrected chi connectivity index (χ2v) is 7.31. The Bertz CT molecular complexity index is 349. The van der Waals surface area contributed by atoms with Gasteiger partial charge in [0.15, 0.2) is 0 Å². The van der Waals surface area contributed by atoms with Crippen molar-refractivity contribution >= 4 is 5.97 Å². The fourth-order valence-corrected chi connectivity index (χ4v) is 2.94. The lowest BCUT2D eigenvalue weighted by Crippen LogP contribution is -2.47. The molecule has 5 atom stereocenters. The molecule has 0 rings (SSSR count). The van der Waals surface area contributed by atoms with E-state index in [1.165, 1.54) is 0 Å². The van der Waals surface area contributed by atoms with Crippen molar-refractivity contribution in [2.75, 3.05) is 20.1 Å². The topological polar surface area (TPSA) is 101 Å². The van der Waals surface area contributed by atoms with E-state index in [9.17, 15) is 20.1 Å². The van der Waals surface area contributed by atoms with Crippen LogP contribution < -0.4 is 0 Å². The summed E-state index contributed by atoms with van der Waals surface area (Å²) in [6.07, 6.45) is 0.904. The van der Waals surface area contributed by atoms with E-state index in [2.05, 4.69) is 0 Å². The zero-order valence-electron chi connectivity index (χ0n) is 17.2. The minimum Gasteiger partial charge on any atom is -0.481 e. The number of aliphatic hydroxyl groups is 3. The molecule has 0 spiro atoms. The number of carboxylic acids is 1. The van der Waals surface area contributed by atoms with E-state index in [1.807, 2.05) is 27.7 Å². The van der Waals surface area contributed by atoms with Gasteiger partial charge in [0.25, 0.3) is 0 Å². The molecule has 0 aliphatic rings. The Morgan fingerprint density at radius 1 is 1.12 bits per heavy atom. The van der Waals surface area contributed by atoms with Crippen molar-refractivity contribution in [1.82, 2.24) is 4.90 Å². The summed E-state index contributed by atoms with van der Waals surface area (Å²) in [5.41, 5.74) is -1.13. The molecule has 6 heteroatoms. The molecule has 3 unspecified atom stereocenters. The van der Waals surface area contributed by atoms with Crippen LogP contribution >= 0.6 is 0 Å². The van der Waals surface area contributed by atoms with Crippen molar-refractivity contribution < 1.29 is 25.2 Å². The van der Waals surface area contributed by atoms with Crippen LogP contribution in [0.2, 0.25) is 0 Å². The van der Waals surface area contributed by atoms with Crippen LogP contribution in [0.4, 0.5) is 0 Å². The summed E-state index contributed by atoms with van der Waals surface area (Å²) in [6.45, 7) is 11.8. The van der Waals surface area contributed by atoms with Crippen LogP contribution in [-0.4, -0.2) is 69.2 Å². The van der Waals surface area contributed by atoms with Gasteiger partial charge in [-0.1, -0.05) is 41.0 Å². The van der Waals surface area contributed by atoms with Crippen LogP contribution in [0.5, 0.6) is 0 Å². The Hall–Kier alpha value is -0.690. The SMILES string of the molecule is CC.CCC[C@@](C)(O)C(O)CN(C)CC(O)C[C@@H](C)CC(C)C(=O)O. The average molecular weight is 364 g/mol. The number of likely N-dealkylation sites (N-methyl/N-ethyl adjacent to an activating group) is 1. The number of aliphatic carboxylic acids is 1. The normalized spacial score (nSPS) is 18.5. The molecule has 25 heavy (non-hydrogen) atoms. The Balaban J connectivity index is 0. The van der Waals surface area contributed by atoms with Gasteiger partial charge < -0.3 is 25.3 Å². The van der Waals surface area contributed by atoms with Gasteiger partial charge in [0.05, 0.1) is 23.7 Å².